The number of aliphatic hydroxyl groups is 1. The summed E-state index contributed by atoms with van der Waals surface area (Å²) in [5.74, 6) is -0.209. The number of aliphatic hydroxyl groups excluding tert-OH is 1. The monoisotopic (exact) mass is 573 g/mol. The Hall–Kier alpha value is -1.28. The number of hydrogen-bond donors (Lipinski definition) is 3. The Morgan fingerprint density at radius 1 is 0.846 bits per heavy atom. The maximum Gasteiger partial charge on any atom is 0.472 e. The molecular formula is C30H58N2O6P+. The maximum atomic E-state index is 12.6. The SMILES string of the molecule is CCC/C=C\CCCCCCCC(=O)NC(COP(=O)(O)OCC[N+](C)(C)C)C(O)/C=C/CC/C=C/CCC. The molecule has 0 aromatic heterocycles. The molecule has 0 rings (SSSR count). The number of carbonyl (C=O) groups excluding carboxylic acids is 1. The van der Waals surface area contributed by atoms with E-state index in [0.29, 0.717) is 17.4 Å². The molecule has 0 aliphatic carbocycles. The van der Waals surface area contributed by atoms with Gasteiger partial charge < -0.3 is 19.8 Å². The molecule has 0 aromatic carbocycles. The number of phosphoric acid groups is 1. The van der Waals surface area contributed by atoms with E-state index in [1.165, 1.54) is 6.42 Å². The summed E-state index contributed by atoms with van der Waals surface area (Å²) < 4.78 is 23.2. The van der Waals surface area contributed by atoms with Crippen LogP contribution in [0.5, 0.6) is 0 Å². The molecule has 0 bridgehead atoms. The van der Waals surface area contributed by atoms with Gasteiger partial charge in [-0.3, -0.25) is 13.8 Å². The molecule has 3 unspecified atom stereocenters. The van der Waals surface area contributed by atoms with Gasteiger partial charge in [-0.1, -0.05) is 82.4 Å². The number of nitrogens with one attached hydrogen (secondary N) is 1. The van der Waals surface area contributed by atoms with Crippen LogP contribution in [0.3, 0.4) is 0 Å². The summed E-state index contributed by atoms with van der Waals surface area (Å²) in [6.45, 7) is 4.55. The molecule has 1 amide bonds. The van der Waals surface area contributed by atoms with Crippen molar-refractivity contribution in [2.45, 2.75) is 109 Å². The highest BCUT2D eigenvalue weighted by Crippen LogP contribution is 2.43. The van der Waals surface area contributed by atoms with Crippen LogP contribution in [0.2, 0.25) is 0 Å². The third-order valence-corrected chi connectivity index (χ3v) is 7.03. The fourth-order valence-electron chi connectivity index (χ4n) is 3.59. The van der Waals surface area contributed by atoms with Crippen LogP contribution in [0.15, 0.2) is 36.5 Å². The summed E-state index contributed by atoms with van der Waals surface area (Å²) in [4.78, 5) is 22.7. The molecule has 0 heterocycles. The van der Waals surface area contributed by atoms with Crippen LogP contribution in [-0.2, 0) is 18.4 Å². The molecule has 3 N–H and O–H groups in total. The van der Waals surface area contributed by atoms with E-state index in [1.54, 1.807) is 6.08 Å². The molecule has 0 aliphatic heterocycles. The van der Waals surface area contributed by atoms with E-state index in [4.69, 9.17) is 9.05 Å². The molecule has 228 valence electrons. The number of nitrogens with zero attached hydrogens (tertiary/aromatic N) is 1. The zero-order valence-corrected chi connectivity index (χ0v) is 26.2. The van der Waals surface area contributed by atoms with Crippen molar-refractivity contribution in [3.63, 3.8) is 0 Å². The van der Waals surface area contributed by atoms with Crippen molar-refractivity contribution in [1.29, 1.82) is 0 Å². The van der Waals surface area contributed by atoms with E-state index in [-0.39, 0.29) is 19.1 Å². The standard InChI is InChI=1S/C30H57N2O6P/c1-6-8-10-12-14-15-16-18-20-22-24-30(34)31-28(29(33)23-21-19-17-13-11-9-7-2)27-38-39(35,36)37-26-25-32(3,4)5/h10-13,21,23,28-29,33H,6-9,14-20,22,24-27H2,1-5H3,(H-,31,34,35,36)/p+1/b12-10-,13-11+,23-21+. The van der Waals surface area contributed by atoms with Crippen LogP contribution in [-0.4, -0.2) is 73.4 Å². The van der Waals surface area contributed by atoms with Crippen molar-refractivity contribution in [2.24, 2.45) is 0 Å². The zero-order valence-electron chi connectivity index (χ0n) is 25.4. The molecule has 0 radical (unpaired) electrons. The van der Waals surface area contributed by atoms with Gasteiger partial charge in [0.1, 0.15) is 13.2 Å². The lowest BCUT2D eigenvalue weighted by Gasteiger charge is -2.25. The fourth-order valence-corrected chi connectivity index (χ4v) is 4.33. The molecule has 0 fully saturated rings. The molecular weight excluding hydrogens is 515 g/mol. The van der Waals surface area contributed by atoms with Crippen molar-refractivity contribution in [3.05, 3.63) is 36.5 Å². The van der Waals surface area contributed by atoms with E-state index in [2.05, 4.69) is 43.5 Å². The van der Waals surface area contributed by atoms with Gasteiger partial charge in [0.25, 0.3) is 0 Å². The van der Waals surface area contributed by atoms with Gasteiger partial charge >= 0.3 is 7.82 Å². The summed E-state index contributed by atoms with van der Waals surface area (Å²) >= 11 is 0. The molecule has 8 nitrogen and oxygen atoms in total. The van der Waals surface area contributed by atoms with Crippen molar-refractivity contribution < 1.29 is 32.9 Å². The van der Waals surface area contributed by atoms with Gasteiger partial charge in [-0.25, -0.2) is 4.57 Å². The summed E-state index contributed by atoms with van der Waals surface area (Å²) in [7, 11) is 1.53. The number of unbranched alkanes of at least 4 members (excludes halogenated alkanes) is 8. The van der Waals surface area contributed by atoms with Crippen molar-refractivity contribution in [3.8, 4) is 0 Å². The second-order valence-corrected chi connectivity index (χ2v) is 12.6. The van der Waals surface area contributed by atoms with Gasteiger partial charge in [0.05, 0.1) is 39.9 Å². The molecule has 3 atom stereocenters. The van der Waals surface area contributed by atoms with Crippen LogP contribution in [0, 0.1) is 0 Å². The van der Waals surface area contributed by atoms with Crippen molar-refractivity contribution in [1.82, 2.24) is 5.32 Å². The van der Waals surface area contributed by atoms with Gasteiger partial charge in [0.2, 0.25) is 5.91 Å². The van der Waals surface area contributed by atoms with Gasteiger partial charge in [0, 0.05) is 6.42 Å². The Morgan fingerprint density at radius 3 is 2.05 bits per heavy atom. The van der Waals surface area contributed by atoms with E-state index in [9.17, 15) is 19.4 Å². The Bertz CT molecular complexity index is 748. The number of likely N-dealkylation sites (N-methyl/N-ethyl adjacent to an activating group) is 1. The van der Waals surface area contributed by atoms with Gasteiger partial charge in [-0.15, -0.1) is 0 Å². The van der Waals surface area contributed by atoms with Gasteiger partial charge in [-0.05, 0) is 44.9 Å². The molecule has 0 saturated carbocycles. The molecule has 9 heteroatoms. The lowest BCUT2D eigenvalue weighted by atomic mass is 10.1. The average molecular weight is 574 g/mol. The molecule has 0 aliphatic rings. The van der Waals surface area contributed by atoms with Crippen molar-refractivity contribution >= 4 is 13.7 Å². The molecule has 0 saturated heterocycles. The third-order valence-electron chi connectivity index (χ3n) is 6.04. The average Bonchev–Trinajstić information content (AvgIpc) is 2.86. The van der Waals surface area contributed by atoms with Crippen LogP contribution < -0.4 is 5.32 Å². The van der Waals surface area contributed by atoms with Crippen LogP contribution in [0.25, 0.3) is 0 Å². The highest BCUT2D eigenvalue weighted by atomic mass is 31.2. The van der Waals surface area contributed by atoms with E-state index in [1.807, 2.05) is 27.2 Å². The Balaban J connectivity index is 4.72. The Labute approximate surface area is 238 Å². The number of hydrogen-bond acceptors (Lipinski definition) is 5. The smallest absolute Gasteiger partial charge is 0.387 e. The first kappa shape index (κ1) is 37.7. The molecule has 0 aromatic rings. The highest BCUT2D eigenvalue weighted by Gasteiger charge is 2.27. The maximum absolute atomic E-state index is 12.6. The summed E-state index contributed by atoms with van der Waals surface area (Å²) in [5.41, 5.74) is 0. The Morgan fingerprint density at radius 2 is 1.41 bits per heavy atom. The van der Waals surface area contributed by atoms with Gasteiger partial charge in [-0.2, -0.15) is 0 Å². The summed E-state index contributed by atoms with van der Waals surface area (Å²) in [5, 5.41) is 13.5. The fraction of sp³-hybridized carbons (Fsp3) is 0.767. The lowest BCUT2D eigenvalue weighted by molar-refractivity contribution is -0.870. The van der Waals surface area contributed by atoms with E-state index >= 15 is 0 Å². The first-order valence-corrected chi connectivity index (χ1v) is 16.4. The minimum absolute atomic E-state index is 0.0529. The number of phosphoric ester groups is 1. The number of rotatable bonds is 25. The largest absolute Gasteiger partial charge is 0.472 e. The lowest BCUT2D eigenvalue weighted by Crippen LogP contribution is -2.45. The number of carbonyl (C=O) groups is 1. The minimum Gasteiger partial charge on any atom is -0.387 e. The highest BCUT2D eigenvalue weighted by molar-refractivity contribution is 7.47. The quantitative estimate of drug-likeness (QED) is 0.0502. The van der Waals surface area contributed by atoms with Gasteiger partial charge in [0.15, 0.2) is 0 Å². The van der Waals surface area contributed by atoms with Crippen molar-refractivity contribution in [2.75, 3.05) is 40.9 Å². The second-order valence-electron chi connectivity index (χ2n) is 11.1. The first-order chi connectivity index (χ1) is 18.5. The number of allylic oxidation sites excluding steroid dienone is 5. The van der Waals surface area contributed by atoms with Crippen LogP contribution in [0.1, 0.15) is 97.3 Å². The number of amides is 1. The minimum atomic E-state index is -4.32. The third kappa shape index (κ3) is 25.4. The summed E-state index contributed by atoms with van der Waals surface area (Å²) in [6.07, 6.45) is 23.8. The van der Waals surface area contributed by atoms with E-state index < -0.39 is 20.0 Å². The zero-order chi connectivity index (χ0) is 29.4. The van der Waals surface area contributed by atoms with Crippen LogP contribution in [0.4, 0.5) is 0 Å². The first-order valence-electron chi connectivity index (χ1n) is 14.9. The molecule has 0 spiro atoms. The molecule has 39 heavy (non-hydrogen) atoms. The second kappa shape index (κ2) is 23.4. The van der Waals surface area contributed by atoms with Crippen LogP contribution >= 0.6 is 7.82 Å². The Kier molecular flexibility index (Phi) is 22.7. The summed E-state index contributed by atoms with van der Waals surface area (Å²) in [6, 6.07) is -0.859. The predicted molar refractivity (Wildman–Crippen MR) is 161 cm³/mol. The topological polar surface area (TPSA) is 105 Å². The predicted octanol–water partition coefficient (Wildman–Crippen LogP) is 6.45. The number of quaternary nitrogens is 1. The normalized spacial score (nSPS) is 15.8. The van der Waals surface area contributed by atoms with E-state index in [0.717, 1.165) is 70.6 Å².